The predicted molar refractivity (Wildman–Crippen MR) is 77.3 cm³/mol. The van der Waals surface area contributed by atoms with E-state index in [-0.39, 0.29) is 5.95 Å². The highest BCUT2D eigenvalue weighted by Gasteiger charge is 2.22. The largest absolute Gasteiger partial charge is 0.351 e. The van der Waals surface area contributed by atoms with Crippen LogP contribution in [0.25, 0.3) is 5.69 Å². The van der Waals surface area contributed by atoms with E-state index in [4.69, 9.17) is 5.73 Å². The standard InChI is InChI=1S/C14H12N6O/c15-13(21)19(12-8-4-5-9-16-12)14-17-10-18-20(14)11-6-2-1-3-7-11/h1-10H,(H2,15,21). The molecular formula is C14H12N6O. The lowest BCUT2D eigenvalue weighted by atomic mass is 10.3. The Kier molecular flexibility index (Phi) is 3.30. The number of benzene rings is 1. The lowest BCUT2D eigenvalue weighted by Crippen LogP contribution is -2.34. The fourth-order valence-corrected chi connectivity index (χ4v) is 1.94. The van der Waals surface area contributed by atoms with Gasteiger partial charge in [0.25, 0.3) is 0 Å². The predicted octanol–water partition coefficient (Wildman–Crippen LogP) is 1.88. The minimum atomic E-state index is -0.682. The van der Waals surface area contributed by atoms with E-state index in [1.165, 1.54) is 15.9 Å². The number of pyridine rings is 1. The van der Waals surface area contributed by atoms with Gasteiger partial charge >= 0.3 is 6.03 Å². The van der Waals surface area contributed by atoms with Gasteiger partial charge in [0.2, 0.25) is 5.95 Å². The molecule has 0 radical (unpaired) electrons. The third kappa shape index (κ3) is 2.44. The number of amides is 2. The topological polar surface area (TPSA) is 89.9 Å². The molecule has 0 fully saturated rings. The summed E-state index contributed by atoms with van der Waals surface area (Å²) in [5, 5.41) is 4.14. The second kappa shape index (κ2) is 5.41. The van der Waals surface area contributed by atoms with Crippen LogP contribution in [0.2, 0.25) is 0 Å². The average molecular weight is 280 g/mol. The van der Waals surface area contributed by atoms with Gasteiger partial charge in [-0.15, -0.1) is 0 Å². The third-order valence-corrected chi connectivity index (χ3v) is 2.83. The zero-order valence-corrected chi connectivity index (χ0v) is 11.0. The highest BCUT2D eigenvalue weighted by atomic mass is 16.2. The van der Waals surface area contributed by atoms with Gasteiger partial charge in [0.15, 0.2) is 0 Å². The molecule has 7 heteroatoms. The summed E-state index contributed by atoms with van der Waals surface area (Å²) >= 11 is 0. The van der Waals surface area contributed by atoms with Gasteiger partial charge in [0.05, 0.1) is 5.69 Å². The molecule has 0 aliphatic rings. The first-order valence-electron chi connectivity index (χ1n) is 6.23. The molecular weight excluding hydrogens is 268 g/mol. The van der Waals surface area contributed by atoms with Crippen molar-refractivity contribution in [2.45, 2.75) is 0 Å². The lowest BCUT2D eigenvalue weighted by Gasteiger charge is -2.18. The minimum Gasteiger partial charge on any atom is -0.351 e. The number of hydrogen-bond donors (Lipinski definition) is 1. The van der Waals surface area contributed by atoms with Gasteiger partial charge in [0, 0.05) is 6.20 Å². The fourth-order valence-electron chi connectivity index (χ4n) is 1.94. The summed E-state index contributed by atoms with van der Waals surface area (Å²) < 4.78 is 1.53. The molecule has 0 saturated heterocycles. The first-order valence-corrected chi connectivity index (χ1v) is 6.23. The summed E-state index contributed by atoms with van der Waals surface area (Å²) in [5.41, 5.74) is 6.24. The van der Waals surface area contributed by atoms with Crippen LogP contribution in [-0.4, -0.2) is 25.8 Å². The fraction of sp³-hybridized carbons (Fsp3) is 0. The minimum absolute atomic E-state index is 0.285. The molecule has 3 aromatic rings. The van der Waals surface area contributed by atoms with Gasteiger partial charge in [-0.25, -0.2) is 14.7 Å². The Balaban J connectivity index is 2.11. The molecule has 0 bridgehead atoms. The number of rotatable bonds is 3. The second-order valence-electron chi connectivity index (χ2n) is 4.17. The normalized spacial score (nSPS) is 10.3. The number of carbonyl (C=O) groups is 1. The van der Waals surface area contributed by atoms with Crippen molar-refractivity contribution >= 4 is 17.8 Å². The maximum Gasteiger partial charge on any atom is 0.327 e. The summed E-state index contributed by atoms with van der Waals surface area (Å²) in [6.07, 6.45) is 2.94. The number of primary amides is 1. The zero-order chi connectivity index (χ0) is 14.7. The highest BCUT2D eigenvalue weighted by molar-refractivity contribution is 5.95. The first-order chi connectivity index (χ1) is 10.3. The molecule has 0 unspecified atom stereocenters. The van der Waals surface area contributed by atoms with E-state index in [9.17, 15) is 4.79 Å². The van der Waals surface area contributed by atoms with E-state index >= 15 is 0 Å². The molecule has 0 saturated carbocycles. The third-order valence-electron chi connectivity index (χ3n) is 2.83. The van der Waals surface area contributed by atoms with Crippen LogP contribution in [0.5, 0.6) is 0 Å². The second-order valence-corrected chi connectivity index (χ2v) is 4.17. The molecule has 7 nitrogen and oxygen atoms in total. The van der Waals surface area contributed by atoms with Crippen molar-refractivity contribution in [3.8, 4) is 5.69 Å². The molecule has 1 aromatic carbocycles. The van der Waals surface area contributed by atoms with Crippen molar-refractivity contribution in [2.24, 2.45) is 5.73 Å². The first kappa shape index (κ1) is 12.8. The zero-order valence-electron chi connectivity index (χ0n) is 11.0. The molecule has 104 valence electrons. The van der Waals surface area contributed by atoms with Crippen LogP contribution in [0.15, 0.2) is 61.1 Å². The van der Waals surface area contributed by atoms with E-state index in [1.54, 1.807) is 24.4 Å². The summed E-state index contributed by atoms with van der Waals surface area (Å²) in [7, 11) is 0. The molecule has 3 rings (SSSR count). The molecule has 2 aromatic heterocycles. The van der Waals surface area contributed by atoms with Crippen molar-refractivity contribution in [2.75, 3.05) is 4.90 Å². The van der Waals surface area contributed by atoms with E-state index in [0.717, 1.165) is 5.69 Å². The van der Waals surface area contributed by atoms with Crippen molar-refractivity contribution in [3.05, 3.63) is 61.1 Å². The quantitative estimate of drug-likeness (QED) is 0.793. The molecule has 2 N–H and O–H groups in total. The SMILES string of the molecule is NC(=O)N(c1ccccn1)c1ncnn1-c1ccccc1. The average Bonchev–Trinajstić information content (AvgIpc) is 2.98. The van der Waals surface area contributed by atoms with Crippen LogP contribution in [0.3, 0.4) is 0 Å². The van der Waals surface area contributed by atoms with Gasteiger partial charge in [-0.3, -0.25) is 0 Å². The number of para-hydroxylation sites is 1. The van der Waals surface area contributed by atoms with Gasteiger partial charge in [-0.05, 0) is 24.3 Å². The number of hydrogen-bond acceptors (Lipinski definition) is 4. The molecule has 21 heavy (non-hydrogen) atoms. The van der Waals surface area contributed by atoms with Gasteiger partial charge in [0.1, 0.15) is 12.1 Å². The maximum absolute atomic E-state index is 11.8. The van der Waals surface area contributed by atoms with Crippen LogP contribution < -0.4 is 10.6 Å². The highest BCUT2D eigenvalue weighted by Crippen LogP contribution is 2.22. The van der Waals surface area contributed by atoms with E-state index in [1.807, 2.05) is 30.3 Å². The number of aromatic nitrogens is 4. The van der Waals surface area contributed by atoms with Crippen molar-refractivity contribution in [1.29, 1.82) is 0 Å². The Bertz CT molecular complexity index is 740. The number of carbonyl (C=O) groups excluding carboxylic acids is 1. The molecule has 0 aliphatic heterocycles. The summed E-state index contributed by atoms with van der Waals surface area (Å²) in [4.78, 5) is 21.3. The summed E-state index contributed by atoms with van der Waals surface area (Å²) in [5.74, 6) is 0.669. The monoisotopic (exact) mass is 280 g/mol. The van der Waals surface area contributed by atoms with E-state index < -0.39 is 6.03 Å². The summed E-state index contributed by atoms with van der Waals surface area (Å²) in [6, 6.07) is 13.9. The number of nitrogens with zero attached hydrogens (tertiary/aromatic N) is 5. The van der Waals surface area contributed by atoms with Crippen LogP contribution in [0, 0.1) is 0 Å². The van der Waals surface area contributed by atoms with Crippen LogP contribution in [0.1, 0.15) is 0 Å². The molecule has 2 heterocycles. The number of nitrogens with two attached hydrogens (primary N) is 1. The van der Waals surface area contributed by atoms with Crippen molar-refractivity contribution in [1.82, 2.24) is 19.7 Å². The molecule has 2 amide bonds. The Morgan fingerprint density at radius 3 is 2.48 bits per heavy atom. The Morgan fingerprint density at radius 1 is 1.05 bits per heavy atom. The smallest absolute Gasteiger partial charge is 0.327 e. The molecule has 0 atom stereocenters. The maximum atomic E-state index is 11.8. The van der Waals surface area contributed by atoms with E-state index in [0.29, 0.717) is 5.82 Å². The van der Waals surface area contributed by atoms with Crippen LogP contribution in [0.4, 0.5) is 16.6 Å². The number of urea groups is 1. The number of anilines is 2. The van der Waals surface area contributed by atoms with Gasteiger partial charge < -0.3 is 5.73 Å². The van der Waals surface area contributed by atoms with Crippen molar-refractivity contribution in [3.63, 3.8) is 0 Å². The Morgan fingerprint density at radius 2 is 1.81 bits per heavy atom. The van der Waals surface area contributed by atoms with Crippen molar-refractivity contribution < 1.29 is 4.79 Å². The lowest BCUT2D eigenvalue weighted by molar-refractivity contribution is 0.255. The van der Waals surface area contributed by atoms with Crippen LogP contribution >= 0.6 is 0 Å². The summed E-state index contributed by atoms with van der Waals surface area (Å²) in [6.45, 7) is 0. The Hall–Kier alpha value is -3.22. The molecule has 0 spiro atoms. The van der Waals surface area contributed by atoms with Gasteiger partial charge in [-0.2, -0.15) is 14.8 Å². The van der Waals surface area contributed by atoms with Crippen LogP contribution in [-0.2, 0) is 0 Å². The van der Waals surface area contributed by atoms with Gasteiger partial charge in [-0.1, -0.05) is 24.3 Å². The Labute approximate surface area is 120 Å². The van der Waals surface area contributed by atoms with E-state index in [2.05, 4.69) is 15.1 Å². The molecule has 0 aliphatic carbocycles.